The van der Waals surface area contributed by atoms with Crippen molar-refractivity contribution in [3.05, 3.63) is 165 Å². The third-order valence-corrected chi connectivity index (χ3v) is 9.27. The fourth-order valence-electron chi connectivity index (χ4n) is 6.99. The minimum atomic E-state index is -0.423. The zero-order chi connectivity index (χ0) is 26.1. The van der Waals surface area contributed by atoms with Gasteiger partial charge in [-0.25, -0.2) is 0 Å². The topological polar surface area (TPSA) is 0 Å². The van der Waals surface area contributed by atoms with E-state index in [0.717, 1.165) is 26.2 Å². The molecule has 6 aromatic rings. The Morgan fingerprint density at radius 2 is 1.05 bits per heavy atom. The Hall–Kier alpha value is -3.91. The number of benzene rings is 6. The maximum atomic E-state index is 6.82. The molecule has 1 atom stereocenters. The average molecular weight is 582 g/mol. The van der Waals surface area contributed by atoms with Gasteiger partial charge in [-0.1, -0.05) is 137 Å². The van der Waals surface area contributed by atoms with E-state index in [9.17, 15) is 0 Å². The molecule has 0 bridgehead atoms. The molecule has 1 unspecified atom stereocenters. The first kappa shape index (κ1) is 23.0. The molecule has 2 heteroatoms. The first-order valence-electron chi connectivity index (χ1n) is 13.2. The van der Waals surface area contributed by atoms with Crippen LogP contribution < -0.4 is 0 Å². The van der Waals surface area contributed by atoms with Crippen molar-refractivity contribution in [3.63, 3.8) is 0 Å². The fraction of sp³-hybridized carbons (Fsp3) is 0.0270. The lowest BCUT2D eigenvalue weighted by Crippen LogP contribution is -2.26. The zero-order valence-electron chi connectivity index (χ0n) is 21.0. The molecule has 0 saturated carbocycles. The van der Waals surface area contributed by atoms with Crippen molar-refractivity contribution in [2.45, 2.75) is 5.41 Å². The van der Waals surface area contributed by atoms with Crippen molar-refractivity contribution in [3.8, 4) is 44.5 Å². The first-order chi connectivity index (χ1) is 19.2. The molecular formula is C37H22BrCl. The summed E-state index contributed by atoms with van der Waals surface area (Å²) >= 11 is 10.7. The van der Waals surface area contributed by atoms with Gasteiger partial charge in [0.1, 0.15) is 0 Å². The molecule has 0 heterocycles. The Balaban J connectivity index is 1.51. The first-order valence-corrected chi connectivity index (χ1v) is 14.3. The number of halogens is 2. The SMILES string of the molecule is Clc1cc(-c2ccccc2)cc(-c2cccc3c2C2(c4ccccc4-3)c3ccccc3-c3c(Br)cccc32)c1. The van der Waals surface area contributed by atoms with Gasteiger partial charge in [0.15, 0.2) is 0 Å². The lowest BCUT2D eigenvalue weighted by Gasteiger charge is -2.32. The summed E-state index contributed by atoms with van der Waals surface area (Å²) in [6, 6.07) is 48.2. The Bertz CT molecular complexity index is 1940. The van der Waals surface area contributed by atoms with Crippen LogP contribution in [0.15, 0.2) is 138 Å². The van der Waals surface area contributed by atoms with Crippen molar-refractivity contribution in [2.75, 3.05) is 0 Å². The van der Waals surface area contributed by atoms with Crippen LogP contribution in [0.2, 0.25) is 5.02 Å². The van der Waals surface area contributed by atoms with E-state index in [1.807, 2.05) is 6.07 Å². The van der Waals surface area contributed by atoms with Crippen molar-refractivity contribution < 1.29 is 0 Å². The summed E-state index contributed by atoms with van der Waals surface area (Å²) in [6.45, 7) is 0. The second-order valence-corrected chi connectivity index (χ2v) is 11.6. The molecule has 0 N–H and O–H groups in total. The van der Waals surface area contributed by atoms with Crippen LogP contribution in [-0.2, 0) is 5.41 Å². The van der Waals surface area contributed by atoms with Gasteiger partial charge in [0.25, 0.3) is 0 Å². The van der Waals surface area contributed by atoms with Crippen LogP contribution in [-0.4, -0.2) is 0 Å². The molecule has 6 aromatic carbocycles. The lowest BCUT2D eigenvalue weighted by molar-refractivity contribution is 0.795. The molecule has 2 aliphatic rings. The van der Waals surface area contributed by atoms with E-state index in [1.165, 1.54) is 50.1 Å². The third-order valence-electron chi connectivity index (χ3n) is 8.39. The monoisotopic (exact) mass is 580 g/mol. The molecular weight excluding hydrogens is 560 g/mol. The molecule has 0 amide bonds. The second-order valence-electron chi connectivity index (χ2n) is 10.3. The highest BCUT2D eigenvalue weighted by atomic mass is 79.9. The van der Waals surface area contributed by atoms with Gasteiger partial charge in [0.05, 0.1) is 5.41 Å². The van der Waals surface area contributed by atoms with Crippen LogP contribution in [0.3, 0.4) is 0 Å². The fourth-order valence-corrected chi connectivity index (χ4v) is 7.80. The van der Waals surface area contributed by atoms with Gasteiger partial charge in [0.2, 0.25) is 0 Å². The summed E-state index contributed by atoms with van der Waals surface area (Å²) in [5, 5.41) is 0.739. The third kappa shape index (κ3) is 3.12. The van der Waals surface area contributed by atoms with E-state index in [-0.39, 0.29) is 0 Å². The van der Waals surface area contributed by atoms with Gasteiger partial charge in [-0.2, -0.15) is 0 Å². The highest BCUT2D eigenvalue weighted by Gasteiger charge is 2.53. The Morgan fingerprint density at radius 3 is 1.87 bits per heavy atom. The molecule has 0 aromatic heterocycles. The predicted molar refractivity (Wildman–Crippen MR) is 166 cm³/mol. The Morgan fingerprint density at radius 1 is 0.462 bits per heavy atom. The smallest absolute Gasteiger partial charge is 0.0731 e. The van der Waals surface area contributed by atoms with Gasteiger partial charge in [-0.15, -0.1) is 0 Å². The summed E-state index contributed by atoms with van der Waals surface area (Å²) < 4.78 is 1.13. The van der Waals surface area contributed by atoms with Gasteiger partial charge < -0.3 is 0 Å². The number of hydrogen-bond donors (Lipinski definition) is 0. The van der Waals surface area contributed by atoms with Crippen LogP contribution in [0.25, 0.3) is 44.5 Å². The molecule has 0 radical (unpaired) electrons. The standard InChI is InChI=1S/C37H22BrCl/c38-34-19-9-18-33-35(34)30-13-5-7-17-32(30)37(33)31-16-6-4-12-28(31)29-15-8-14-27(36(29)37)25-20-24(21-26(39)22-25)23-10-2-1-3-11-23/h1-22H. The van der Waals surface area contributed by atoms with Crippen LogP contribution >= 0.6 is 27.5 Å². The van der Waals surface area contributed by atoms with Crippen LogP contribution in [0.1, 0.15) is 22.3 Å². The normalized spacial score (nSPS) is 16.1. The van der Waals surface area contributed by atoms with E-state index in [1.54, 1.807) is 0 Å². The molecule has 2 aliphatic carbocycles. The second kappa shape index (κ2) is 8.55. The van der Waals surface area contributed by atoms with Crippen LogP contribution in [0.5, 0.6) is 0 Å². The molecule has 0 nitrogen and oxygen atoms in total. The largest absolute Gasteiger partial charge is 0.0843 e. The van der Waals surface area contributed by atoms with E-state index >= 15 is 0 Å². The summed E-state index contributed by atoms with van der Waals surface area (Å²) in [5.41, 5.74) is 14.7. The zero-order valence-corrected chi connectivity index (χ0v) is 23.3. The molecule has 39 heavy (non-hydrogen) atoms. The van der Waals surface area contributed by atoms with Gasteiger partial charge >= 0.3 is 0 Å². The van der Waals surface area contributed by atoms with Crippen LogP contribution in [0, 0.1) is 0 Å². The minimum absolute atomic E-state index is 0.423. The molecule has 1 spiro atoms. The van der Waals surface area contributed by atoms with Gasteiger partial charge in [-0.3, -0.25) is 0 Å². The summed E-state index contributed by atoms with van der Waals surface area (Å²) in [5.74, 6) is 0. The van der Waals surface area contributed by atoms with Gasteiger partial charge in [0, 0.05) is 15.1 Å². The van der Waals surface area contributed by atoms with E-state index < -0.39 is 5.41 Å². The number of rotatable bonds is 2. The molecule has 0 aliphatic heterocycles. The maximum Gasteiger partial charge on any atom is 0.0731 e. The minimum Gasteiger partial charge on any atom is -0.0843 e. The number of fused-ring (bicyclic) bond motifs is 10. The van der Waals surface area contributed by atoms with E-state index in [0.29, 0.717) is 0 Å². The Kier molecular flexibility index (Phi) is 5.04. The highest BCUT2D eigenvalue weighted by molar-refractivity contribution is 9.10. The van der Waals surface area contributed by atoms with Gasteiger partial charge in [-0.05, 0) is 85.5 Å². The van der Waals surface area contributed by atoms with E-state index in [4.69, 9.17) is 11.6 Å². The summed E-state index contributed by atoms with van der Waals surface area (Å²) in [4.78, 5) is 0. The Labute approximate surface area is 241 Å². The van der Waals surface area contributed by atoms with Crippen molar-refractivity contribution in [1.82, 2.24) is 0 Å². The van der Waals surface area contributed by atoms with Crippen LogP contribution in [0.4, 0.5) is 0 Å². The summed E-state index contributed by atoms with van der Waals surface area (Å²) in [6.07, 6.45) is 0. The summed E-state index contributed by atoms with van der Waals surface area (Å²) in [7, 11) is 0. The number of hydrogen-bond acceptors (Lipinski definition) is 0. The van der Waals surface area contributed by atoms with Crippen molar-refractivity contribution in [2.24, 2.45) is 0 Å². The molecule has 0 fully saturated rings. The average Bonchev–Trinajstić information content (AvgIpc) is 3.45. The lowest BCUT2D eigenvalue weighted by atomic mass is 9.68. The maximum absolute atomic E-state index is 6.82. The van der Waals surface area contributed by atoms with E-state index in [2.05, 4.69) is 143 Å². The quantitative estimate of drug-likeness (QED) is 0.190. The van der Waals surface area contributed by atoms with Crippen molar-refractivity contribution >= 4 is 27.5 Å². The van der Waals surface area contributed by atoms with Crippen molar-refractivity contribution in [1.29, 1.82) is 0 Å². The predicted octanol–water partition coefficient (Wildman–Crippen LogP) is 10.8. The highest BCUT2D eigenvalue weighted by Crippen LogP contribution is 2.65. The molecule has 0 saturated heterocycles. The molecule has 184 valence electrons. The molecule has 8 rings (SSSR count).